The maximum atomic E-state index is 9.37. The smallest absolute Gasteiger partial charge is 0.140 e. The molecule has 20 heavy (non-hydrogen) atoms. The van der Waals surface area contributed by atoms with Crippen molar-refractivity contribution >= 4 is 5.69 Å². The molecular weight excluding hydrogens is 248 g/mol. The molecule has 0 aliphatic carbocycles. The Balaban J connectivity index is 2.17. The molecule has 2 rings (SSSR count). The van der Waals surface area contributed by atoms with Gasteiger partial charge in [0.15, 0.2) is 0 Å². The Hall–Kier alpha value is -2.31. The van der Waals surface area contributed by atoms with E-state index >= 15 is 0 Å². The number of hydrogen-bond donors (Lipinski definition) is 1. The minimum atomic E-state index is -0.366. The number of anilines is 1. The van der Waals surface area contributed by atoms with Crippen molar-refractivity contribution < 1.29 is 4.74 Å². The molecule has 0 aliphatic heterocycles. The van der Waals surface area contributed by atoms with E-state index in [1.807, 2.05) is 55.5 Å². The fourth-order valence-electron chi connectivity index (χ4n) is 2.04. The van der Waals surface area contributed by atoms with Gasteiger partial charge in [-0.05, 0) is 30.2 Å². The van der Waals surface area contributed by atoms with Gasteiger partial charge in [0, 0.05) is 12.8 Å². The van der Waals surface area contributed by atoms with Crippen molar-refractivity contribution in [2.75, 3.05) is 12.4 Å². The van der Waals surface area contributed by atoms with Gasteiger partial charge in [-0.3, -0.25) is 0 Å². The van der Waals surface area contributed by atoms with Crippen molar-refractivity contribution in [2.24, 2.45) is 0 Å². The summed E-state index contributed by atoms with van der Waals surface area (Å²) in [6, 6.07) is 17.8. The molecule has 3 heteroatoms. The number of rotatable bonds is 5. The summed E-state index contributed by atoms with van der Waals surface area (Å²) < 4.78 is 5.12. The van der Waals surface area contributed by atoms with Gasteiger partial charge in [0.2, 0.25) is 0 Å². The Morgan fingerprint density at radius 2 is 1.95 bits per heavy atom. The van der Waals surface area contributed by atoms with Crippen LogP contribution in [0.25, 0.3) is 0 Å². The molecule has 0 heterocycles. The van der Waals surface area contributed by atoms with E-state index in [0.29, 0.717) is 6.61 Å². The Bertz CT molecular complexity index is 599. The monoisotopic (exact) mass is 266 g/mol. The van der Waals surface area contributed by atoms with Crippen LogP contribution in [0, 0.1) is 18.3 Å². The molecule has 0 fully saturated rings. The molecule has 0 aliphatic rings. The van der Waals surface area contributed by atoms with E-state index in [0.717, 1.165) is 16.8 Å². The van der Waals surface area contributed by atoms with Crippen molar-refractivity contribution in [1.82, 2.24) is 0 Å². The summed E-state index contributed by atoms with van der Waals surface area (Å²) in [5.41, 5.74) is 4.16. The third kappa shape index (κ3) is 3.59. The number of benzene rings is 2. The summed E-state index contributed by atoms with van der Waals surface area (Å²) in [6.45, 7) is 2.59. The average molecular weight is 266 g/mol. The van der Waals surface area contributed by atoms with Crippen LogP contribution in [-0.2, 0) is 11.3 Å². The first kappa shape index (κ1) is 14.1. The van der Waals surface area contributed by atoms with Gasteiger partial charge >= 0.3 is 0 Å². The zero-order valence-corrected chi connectivity index (χ0v) is 11.8. The zero-order valence-electron chi connectivity index (χ0n) is 11.8. The van der Waals surface area contributed by atoms with Gasteiger partial charge in [-0.25, -0.2) is 0 Å². The van der Waals surface area contributed by atoms with Crippen molar-refractivity contribution in [2.45, 2.75) is 19.6 Å². The van der Waals surface area contributed by atoms with Crippen molar-refractivity contribution in [3.8, 4) is 6.07 Å². The van der Waals surface area contributed by atoms with E-state index in [4.69, 9.17) is 4.74 Å². The molecule has 0 saturated heterocycles. The highest BCUT2D eigenvalue weighted by molar-refractivity contribution is 5.48. The molecule has 3 nitrogen and oxygen atoms in total. The SMILES string of the molecule is COCc1cccc(C(C#N)Nc2ccc(C)cc2)c1. The van der Waals surface area contributed by atoms with Crippen LogP contribution in [0.15, 0.2) is 48.5 Å². The van der Waals surface area contributed by atoms with Crippen molar-refractivity contribution in [3.05, 3.63) is 65.2 Å². The van der Waals surface area contributed by atoms with E-state index < -0.39 is 0 Å². The molecule has 0 spiro atoms. The third-order valence-corrected chi connectivity index (χ3v) is 3.09. The topological polar surface area (TPSA) is 45.0 Å². The fourth-order valence-corrected chi connectivity index (χ4v) is 2.04. The maximum Gasteiger partial charge on any atom is 0.140 e. The van der Waals surface area contributed by atoms with Crippen LogP contribution in [-0.4, -0.2) is 7.11 Å². The lowest BCUT2D eigenvalue weighted by Gasteiger charge is -2.14. The highest BCUT2D eigenvalue weighted by Crippen LogP contribution is 2.20. The maximum absolute atomic E-state index is 9.37. The molecule has 2 aromatic rings. The molecule has 0 amide bonds. The van der Waals surface area contributed by atoms with Gasteiger partial charge in [0.1, 0.15) is 6.04 Å². The first-order chi connectivity index (χ1) is 9.72. The lowest BCUT2D eigenvalue weighted by atomic mass is 10.0. The summed E-state index contributed by atoms with van der Waals surface area (Å²) in [7, 11) is 1.67. The predicted molar refractivity (Wildman–Crippen MR) is 80.3 cm³/mol. The first-order valence-corrected chi connectivity index (χ1v) is 6.53. The summed E-state index contributed by atoms with van der Waals surface area (Å²) in [5, 5.41) is 12.6. The number of nitriles is 1. The second-order valence-corrected chi connectivity index (χ2v) is 4.75. The summed E-state index contributed by atoms with van der Waals surface area (Å²) in [4.78, 5) is 0. The number of nitrogens with zero attached hydrogens (tertiary/aromatic N) is 1. The van der Waals surface area contributed by atoms with Crippen molar-refractivity contribution in [3.63, 3.8) is 0 Å². The Kier molecular flexibility index (Phi) is 4.75. The van der Waals surface area contributed by atoms with Crippen LogP contribution in [0.2, 0.25) is 0 Å². The summed E-state index contributed by atoms with van der Waals surface area (Å²) in [5.74, 6) is 0. The number of hydrogen-bond acceptors (Lipinski definition) is 3. The standard InChI is InChI=1S/C17H18N2O/c1-13-6-8-16(9-7-13)19-17(11-18)15-5-3-4-14(10-15)12-20-2/h3-10,17,19H,12H2,1-2H3. The highest BCUT2D eigenvalue weighted by atomic mass is 16.5. The average Bonchev–Trinajstić information content (AvgIpc) is 2.47. The van der Waals surface area contributed by atoms with Crippen molar-refractivity contribution in [1.29, 1.82) is 5.26 Å². The van der Waals surface area contributed by atoms with Gasteiger partial charge in [-0.15, -0.1) is 0 Å². The summed E-state index contributed by atoms with van der Waals surface area (Å²) in [6.07, 6.45) is 0. The van der Waals surface area contributed by atoms with Gasteiger partial charge in [0.25, 0.3) is 0 Å². The van der Waals surface area contributed by atoms with E-state index in [1.165, 1.54) is 5.56 Å². The molecule has 2 aromatic carbocycles. The van der Waals surface area contributed by atoms with Crippen LogP contribution in [0.5, 0.6) is 0 Å². The van der Waals surface area contributed by atoms with Crippen LogP contribution in [0.1, 0.15) is 22.7 Å². The minimum absolute atomic E-state index is 0.366. The van der Waals surface area contributed by atoms with Gasteiger partial charge in [-0.2, -0.15) is 5.26 Å². The van der Waals surface area contributed by atoms with E-state index in [1.54, 1.807) is 7.11 Å². The molecule has 0 aromatic heterocycles. The van der Waals surface area contributed by atoms with Gasteiger partial charge < -0.3 is 10.1 Å². The molecule has 1 atom stereocenters. The third-order valence-electron chi connectivity index (χ3n) is 3.09. The minimum Gasteiger partial charge on any atom is -0.380 e. The first-order valence-electron chi connectivity index (χ1n) is 6.53. The van der Waals surface area contributed by atoms with Crippen LogP contribution in [0.4, 0.5) is 5.69 Å². The second kappa shape index (κ2) is 6.74. The number of nitrogens with one attached hydrogen (secondary N) is 1. The summed E-state index contributed by atoms with van der Waals surface area (Å²) >= 11 is 0. The number of methoxy groups -OCH3 is 1. The van der Waals surface area contributed by atoms with Crippen LogP contribution in [0.3, 0.4) is 0 Å². The molecule has 1 unspecified atom stereocenters. The predicted octanol–water partition coefficient (Wildman–Crippen LogP) is 3.82. The molecule has 1 N–H and O–H groups in total. The molecular formula is C17H18N2O. The zero-order chi connectivity index (χ0) is 14.4. The van der Waals surface area contributed by atoms with Crippen LogP contribution >= 0.6 is 0 Å². The molecule has 102 valence electrons. The number of ether oxygens (including phenoxy) is 1. The van der Waals surface area contributed by atoms with E-state index in [-0.39, 0.29) is 6.04 Å². The lowest BCUT2D eigenvalue weighted by Crippen LogP contribution is -2.08. The quantitative estimate of drug-likeness (QED) is 0.894. The highest BCUT2D eigenvalue weighted by Gasteiger charge is 2.10. The fraction of sp³-hybridized carbons (Fsp3) is 0.235. The number of aryl methyl sites for hydroxylation is 1. The Morgan fingerprint density at radius 3 is 2.60 bits per heavy atom. The molecule has 0 bridgehead atoms. The molecule has 0 radical (unpaired) electrons. The van der Waals surface area contributed by atoms with Gasteiger partial charge in [-0.1, -0.05) is 42.0 Å². The lowest BCUT2D eigenvalue weighted by molar-refractivity contribution is 0.185. The Morgan fingerprint density at radius 1 is 1.20 bits per heavy atom. The Labute approximate surface area is 119 Å². The van der Waals surface area contributed by atoms with Gasteiger partial charge in [0.05, 0.1) is 12.7 Å². The largest absolute Gasteiger partial charge is 0.380 e. The molecule has 0 saturated carbocycles. The van der Waals surface area contributed by atoms with E-state index in [2.05, 4.69) is 11.4 Å². The second-order valence-electron chi connectivity index (χ2n) is 4.75. The normalized spacial score (nSPS) is 11.7. The van der Waals surface area contributed by atoms with Crippen LogP contribution < -0.4 is 5.32 Å². The van der Waals surface area contributed by atoms with E-state index in [9.17, 15) is 5.26 Å².